The summed E-state index contributed by atoms with van der Waals surface area (Å²) in [7, 11) is -3.78. The highest BCUT2D eigenvalue weighted by Gasteiger charge is 2.28. The minimum Gasteiger partial charge on any atom is -0.489 e. The number of anilines is 2. The number of hydrogen-bond acceptors (Lipinski definition) is 8. The van der Waals surface area contributed by atoms with Crippen LogP contribution in [0.4, 0.5) is 17.1 Å². The molecular formula is C22H27ClN4O7S. The maximum atomic E-state index is 13.1. The van der Waals surface area contributed by atoms with Gasteiger partial charge in [0.1, 0.15) is 11.8 Å². The van der Waals surface area contributed by atoms with E-state index in [9.17, 15) is 23.3 Å². The van der Waals surface area contributed by atoms with Gasteiger partial charge in [0, 0.05) is 25.2 Å². The highest BCUT2D eigenvalue weighted by atomic mass is 35.5. The van der Waals surface area contributed by atoms with Gasteiger partial charge in [-0.3, -0.25) is 14.9 Å². The van der Waals surface area contributed by atoms with E-state index in [2.05, 4.69) is 10.6 Å². The second-order valence-corrected chi connectivity index (χ2v) is 10.5. The zero-order valence-electron chi connectivity index (χ0n) is 19.5. The van der Waals surface area contributed by atoms with Gasteiger partial charge in [0.2, 0.25) is 15.9 Å². The van der Waals surface area contributed by atoms with Gasteiger partial charge in [-0.2, -0.15) is 4.31 Å². The molecule has 190 valence electrons. The van der Waals surface area contributed by atoms with E-state index >= 15 is 0 Å². The van der Waals surface area contributed by atoms with E-state index in [1.54, 1.807) is 6.92 Å². The van der Waals surface area contributed by atoms with Crippen molar-refractivity contribution in [2.24, 2.45) is 0 Å². The van der Waals surface area contributed by atoms with Crippen molar-refractivity contribution in [2.75, 3.05) is 36.9 Å². The van der Waals surface area contributed by atoms with E-state index in [0.717, 1.165) is 6.07 Å². The van der Waals surface area contributed by atoms with Crippen LogP contribution in [0.2, 0.25) is 5.02 Å². The van der Waals surface area contributed by atoms with Crippen LogP contribution in [0, 0.1) is 10.1 Å². The third kappa shape index (κ3) is 6.60. The lowest BCUT2D eigenvalue weighted by atomic mass is 10.2. The summed E-state index contributed by atoms with van der Waals surface area (Å²) in [4.78, 5) is 23.3. The van der Waals surface area contributed by atoms with Gasteiger partial charge in [0.15, 0.2) is 0 Å². The van der Waals surface area contributed by atoms with Crippen molar-refractivity contribution in [1.82, 2.24) is 4.31 Å². The molecule has 1 atom stereocenters. The molecule has 2 N–H and O–H groups in total. The average molecular weight is 527 g/mol. The molecule has 0 aliphatic carbocycles. The van der Waals surface area contributed by atoms with Crippen molar-refractivity contribution < 1.29 is 27.6 Å². The fraction of sp³-hybridized carbons (Fsp3) is 0.409. The molecule has 2 aromatic carbocycles. The van der Waals surface area contributed by atoms with Crippen molar-refractivity contribution in [3.63, 3.8) is 0 Å². The Morgan fingerprint density at radius 2 is 1.83 bits per heavy atom. The molecule has 1 aliphatic heterocycles. The molecule has 1 aliphatic rings. The molecule has 0 radical (unpaired) electrons. The summed E-state index contributed by atoms with van der Waals surface area (Å²) in [5.74, 6) is -0.168. The summed E-state index contributed by atoms with van der Waals surface area (Å²) in [5.41, 5.74) is 0.168. The molecule has 1 fully saturated rings. The van der Waals surface area contributed by atoms with Crippen LogP contribution < -0.4 is 15.4 Å². The van der Waals surface area contributed by atoms with E-state index in [0.29, 0.717) is 24.7 Å². The smallest absolute Gasteiger partial charge is 0.271 e. The van der Waals surface area contributed by atoms with Gasteiger partial charge >= 0.3 is 0 Å². The lowest BCUT2D eigenvalue weighted by Crippen LogP contribution is -2.40. The number of ether oxygens (including phenoxy) is 2. The van der Waals surface area contributed by atoms with E-state index in [1.807, 2.05) is 13.8 Å². The summed E-state index contributed by atoms with van der Waals surface area (Å²) < 4.78 is 38.6. The number of non-ortho nitro benzene ring substituents is 1. The zero-order valence-corrected chi connectivity index (χ0v) is 21.1. The number of nitro benzene ring substituents is 1. The zero-order chi connectivity index (χ0) is 25.8. The van der Waals surface area contributed by atoms with Gasteiger partial charge in [0.25, 0.3) is 5.69 Å². The second kappa shape index (κ2) is 11.2. The number of benzene rings is 2. The summed E-state index contributed by atoms with van der Waals surface area (Å²) in [6, 6.07) is 7.26. The summed E-state index contributed by atoms with van der Waals surface area (Å²) in [6.45, 7) is 6.33. The third-order valence-electron chi connectivity index (χ3n) is 5.11. The van der Waals surface area contributed by atoms with E-state index in [-0.39, 0.29) is 40.5 Å². The second-order valence-electron chi connectivity index (χ2n) is 8.12. The maximum absolute atomic E-state index is 13.1. The Labute approximate surface area is 208 Å². The predicted octanol–water partition coefficient (Wildman–Crippen LogP) is 3.50. The summed E-state index contributed by atoms with van der Waals surface area (Å²) in [6.07, 6.45) is -0.204. The van der Waals surface area contributed by atoms with Gasteiger partial charge < -0.3 is 20.1 Å². The van der Waals surface area contributed by atoms with Crippen LogP contribution in [0.15, 0.2) is 41.3 Å². The van der Waals surface area contributed by atoms with Crippen LogP contribution in [0.25, 0.3) is 0 Å². The minimum atomic E-state index is -3.78. The van der Waals surface area contributed by atoms with Crippen LogP contribution in [0.1, 0.15) is 20.8 Å². The Morgan fingerprint density at radius 3 is 2.46 bits per heavy atom. The Morgan fingerprint density at radius 1 is 1.14 bits per heavy atom. The van der Waals surface area contributed by atoms with Gasteiger partial charge in [-0.25, -0.2) is 8.42 Å². The average Bonchev–Trinajstić information content (AvgIpc) is 2.81. The Bertz CT molecular complexity index is 1200. The molecular weight excluding hydrogens is 500 g/mol. The van der Waals surface area contributed by atoms with E-state index in [4.69, 9.17) is 21.1 Å². The molecule has 3 rings (SSSR count). The first-order chi connectivity index (χ1) is 16.5. The quantitative estimate of drug-likeness (QED) is 0.373. The van der Waals surface area contributed by atoms with Crippen LogP contribution in [0.3, 0.4) is 0 Å². The first kappa shape index (κ1) is 26.7. The molecule has 0 bridgehead atoms. The van der Waals surface area contributed by atoms with E-state index < -0.39 is 26.9 Å². The van der Waals surface area contributed by atoms with Crippen LogP contribution >= 0.6 is 11.6 Å². The number of hydrogen-bond donors (Lipinski definition) is 2. The van der Waals surface area contributed by atoms with Crippen molar-refractivity contribution in [3.05, 3.63) is 51.5 Å². The molecule has 0 spiro atoms. The number of nitrogens with zero attached hydrogens (tertiary/aromatic N) is 2. The van der Waals surface area contributed by atoms with Gasteiger partial charge in [-0.15, -0.1) is 0 Å². The van der Waals surface area contributed by atoms with Crippen molar-refractivity contribution in [2.45, 2.75) is 37.8 Å². The number of morpholine rings is 1. The molecule has 0 unspecified atom stereocenters. The Kier molecular flexibility index (Phi) is 8.54. The Balaban J connectivity index is 1.85. The number of carbonyl (C=O) groups is 1. The molecule has 0 aromatic heterocycles. The number of halogens is 1. The van der Waals surface area contributed by atoms with Gasteiger partial charge in [0.05, 0.1) is 45.5 Å². The Hall–Kier alpha value is -2.93. The van der Waals surface area contributed by atoms with Crippen molar-refractivity contribution in [1.29, 1.82) is 0 Å². The van der Waals surface area contributed by atoms with Crippen LogP contribution in [0.5, 0.6) is 5.75 Å². The monoisotopic (exact) mass is 526 g/mol. The highest BCUT2D eigenvalue weighted by molar-refractivity contribution is 7.89. The first-order valence-corrected chi connectivity index (χ1v) is 12.7. The number of rotatable bonds is 9. The molecule has 13 heteroatoms. The predicted molar refractivity (Wildman–Crippen MR) is 132 cm³/mol. The molecule has 1 heterocycles. The molecule has 1 saturated heterocycles. The normalized spacial score (nSPS) is 15.5. The van der Waals surface area contributed by atoms with E-state index in [1.165, 1.54) is 34.6 Å². The minimum absolute atomic E-state index is 0.0485. The SMILES string of the molecule is CC(C)Oc1ccc(S(=O)(=O)N2CCOCC2)cc1N[C@H](C)C(=O)Nc1cc([N+](=O)[O-])ccc1Cl. The fourth-order valence-electron chi connectivity index (χ4n) is 3.34. The number of nitro groups is 1. The molecule has 1 amide bonds. The first-order valence-electron chi connectivity index (χ1n) is 10.9. The molecule has 0 saturated carbocycles. The molecule has 2 aromatic rings. The third-order valence-corrected chi connectivity index (χ3v) is 7.33. The number of amides is 1. The largest absolute Gasteiger partial charge is 0.489 e. The molecule has 35 heavy (non-hydrogen) atoms. The fourth-order valence-corrected chi connectivity index (χ4v) is 4.94. The number of carbonyl (C=O) groups excluding carboxylic acids is 1. The topological polar surface area (TPSA) is 140 Å². The summed E-state index contributed by atoms with van der Waals surface area (Å²) in [5, 5.41) is 16.7. The number of nitrogens with one attached hydrogen (secondary N) is 2. The lowest BCUT2D eigenvalue weighted by molar-refractivity contribution is -0.384. The van der Waals surface area contributed by atoms with Crippen LogP contribution in [-0.2, 0) is 19.6 Å². The maximum Gasteiger partial charge on any atom is 0.271 e. The molecule has 11 nitrogen and oxygen atoms in total. The van der Waals surface area contributed by atoms with Gasteiger partial charge in [-0.05, 0) is 45.0 Å². The van der Waals surface area contributed by atoms with Crippen molar-refractivity contribution >= 4 is 44.6 Å². The van der Waals surface area contributed by atoms with Crippen LogP contribution in [-0.4, -0.2) is 62.0 Å². The van der Waals surface area contributed by atoms with Crippen molar-refractivity contribution in [3.8, 4) is 5.75 Å². The lowest BCUT2D eigenvalue weighted by Gasteiger charge is -2.27. The number of sulfonamides is 1. The standard InChI is InChI=1S/C22H27ClN4O7S/c1-14(2)34-21-7-5-17(35(31,32)26-8-10-33-11-9-26)13-20(21)24-15(3)22(28)25-19-12-16(27(29)30)4-6-18(19)23/h4-7,12-15,24H,8-11H2,1-3H3,(H,25,28)/t15-/m1/s1. The highest BCUT2D eigenvalue weighted by Crippen LogP contribution is 2.31. The van der Waals surface area contributed by atoms with Gasteiger partial charge in [-0.1, -0.05) is 11.6 Å². The summed E-state index contributed by atoms with van der Waals surface area (Å²) >= 11 is 6.08.